The lowest BCUT2D eigenvalue weighted by molar-refractivity contribution is -0.384. The molecule has 118 valence electrons. The number of ether oxygens (including phenoxy) is 1. The molecule has 0 saturated carbocycles. The summed E-state index contributed by atoms with van der Waals surface area (Å²) < 4.78 is 5.25. The minimum atomic E-state index is -0.831. The van der Waals surface area contributed by atoms with E-state index >= 15 is 0 Å². The molecule has 23 heavy (non-hydrogen) atoms. The molecule has 0 radical (unpaired) electrons. The van der Waals surface area contributed by atoms with Gasteiger partial charge in [0.1, 0.15) is 22.4 Å². The second-order valence-electron chi connectivity index (χ2n) is 4.92. The molecule has 1 aliphatic heterocycles. The van der Waals surface area contributed by atoms with E-state index in [0.29, 0.717) is 5.56 Å². The van der Waals surface area contributed by atoms with Crippen LogP contribution in [0.5, 0.6) is 0 Å². The number of halogens is 1. The Labute approximate surface area is 136 Å². The van der Waals surface area contributed by atoms with Gasteiger partial charge in [-0.3, -0.25) is 14.9 Å². The van der Waals surface area contributed by atoms with Crippen molar-refractivity contribution in [3.63, 3.8) is 0 Å². The van der Waals surface area contributed by atoms with Crippen LogP contribution in [0, 0.1) is 21.4 Å². The average molecular weight is 334 g/mol. The number of nitrogens with zero attached hydrogens (tertiary/aromatic N) is 2. The number of ketones is 1. The monoisotopic (exact) mass is 333 g/mol. The number of hydrogen-bond acceptors (Lipinski definition) is 6. The number of nitro groups is 1. The minimum absolute atomic E-state index is 0.0254. The zero-order valence-electron chi connectivity index (χ0n) is 12.3. The standard InChI is InChI=1S/C15H12ClN3O4/c1-7(20)13-8(2)23-15(18)10(6-17)14(13)9-3-4-11(16)12(5-9)19(21)22/h3-5,14H,18H2,1-2H3/t14-/m1/s1. The summed E-state index contributed by atoms with van der Waals surface area (Å²) in [6.45, 7) is 2.88. The number of nitriles is 1. The van der Waals surface area contributed by atoms with Crippen LogP contribution in [0.1, 0.15) is 25.3 Å². The Morgan fingerprint density at radius 2 is 2.17 bits per heavy atom. The van der Waals surface area contributed by atoms with Gasteiger partial charge in [-0.2, -0.15) is 5.26 Å². The first-order valence-electron chi connectivity index (χ1n) is 6.51. The summed E-state index contributed by atoms with van der Waals surface area (Å²) in [5, 5.41) is 20.4. The van der Waals surface area contributed by atoms with E-state index in [1.165, 1.54) is 25.1 Å². The number of rotatable bonds is 3. The van der Waals surface area contributed by atoms with Gasteiger partial charge in [0, 0.05) is 11.6 Å². The van der Waals surface area contributed by atoms with Crippen molar-refractivity contribution in [2.75, 3.05) is 0 Å². The summed E-state index contributed by atoms with van der Waals surface area (Å²) in [6.07, 6.45) is 0. The maximum Gasteiger partial charge on any atom is 0.288 e. The van der Waals surface area contributed by atoms with E-state index in [9.17, 15) is 20.2 Å². The molecule has 2 rings (SSSR count). The number of benzene rings is 1. The van der Waals surface area contributed by atoms with Gasteiger partial charge in [0.2, 0.25) is 5.88 Å². The Bertz CT molecular complexity index is 821. The number of allylic oxidation sites excluding steroid dienone is 3. The van der Waals surface area contributed by atoms with Crippen LogP contribution in [-0.2, 0) is 9.53 Å². The Morgan fingerprint density at radius 3 is 2.70 bits per heavy atom. The molecule has 1 heterocycles. The molecular formula is C15H12ClN3O4. The molecule has 7 nitrogen and oxygen atoms in total. The molecule has 1 atom stereocenters. The highest BCUT2D eigenvalue weighted by Gasteiger charge is 2.34. The van der Waals surface area contributed by atoms with Crippen molar-refractivity contribution in [3.8, 4) is 6.07 Å². The van der Waals surface area contributed by atoms with Gasteiger partial charge in [-0.15, -0.1) is 0 Å². The van der Waals surface area contributed by atoms with Gasteiger partial charge < -0.3 is 10.5 Å². The maximum atomic E-state index is 12.0. The normalized spacial score (nSPS) is 17.6. The number of Topliss-reactive ketones (excluding diaryl/α,β-unsaturated/α-hetero) is 1. The van der Waals surface area contributed by atoms with Crippen LogP contribution in [0.25, 0.3) is 0 Å². The van der Waals surface area contributed by atoms with Crippen molar-refractivity contribution in [2.24, 2.45) is 5.73 Å². The zero-order valence-corrected chi connectivity index (χ0v) is 13.0. The number of nitrogens with two attached hydrogens (primary N) is 1. The topological polar surface area (TPSA) is 119 Å². The van der Waals surface area contributed by atoms with E-state index in [0.717, 1.165) is 0 Å². The largest absolute Gasteiger partial charge is 0.445 e. The molecule has 0 spiro atoms. The summed E-state index contributed by atoms with van der Waals surface area (Å²) in [6, 6.07) is 6.02. The molecule has 0 unspecified atom stereocenters. The minimum Gasteiger partial charge on any atom is -0.445 e. The van der Waals surface area contributed by atoms with E-state index in [4.69, 9.17) is 22.1 Å². The molecule has 1 aromatic carbocycles. The molecule has 0 amide bonds. The number of carbonyl (C=O) groups excluding carboxylic acids is 1. The number of nitro benzene ring substituents is 1. The van der Waals surface area contributed by atoms with E-state index in [2.05, 4.69) is 0 Å². The van der Waals surface area contributed by atoms with Crippen LogP contribution in [0.2, 0.25) is 5.02 Å². The predicted molar refractivity (Wildman–Crippen MR) is 82.1 cm³/mol. The van der Waals surface area contributed by atoms with E-state index in [1.54, 1.807) is 6.92 Å². The van der Waals surface area contributed by atoms with Gasteiger partial charge in [0.15, 0.2) is 5.78 Å². The van der Waals surface area contributed by atoms with Gasteiger partial charge >= 0.3 is 0 Å². The molecule has 0 bridgehead atoms. The van der Waals surface area contributed by atoms with Gasteiger partial charge in [-0.05, 0) is 25.5 Å². The summed E-state index contributed by atoms with van der Waals surface area (Å²) in [5.74, 6) is -1.01. The fourth-order valence-corrected chi connectivity index (χ4v) is 2.70. The van der Waals surface area contributed by atoms with Crippen LogP contribution in [0.4, 0.5) is 5.69 Å². The van der Waals surface area contributed by atoms with Crippen molar-refractivity contribution in [1.82, 2.24) is 0 Å². The van der Waals surface area contributed by atoms with E-state index < -0.39 is 10.8 Å². The molecule has 1 aromatic rings. The third-order valence-electron chi connectivity index (χ3n) is 3.49. The van der Waals surface area contributed by atoms with Crippen LogP contribution in [0.3, 0.4) is 0 Å². The number of carbonyl (C=O) groups is 1. The van der Waals surface area contributed by atoms with Gasteiger partial charge in [0.05, 0.1) is 10.8 Å². The fourth-order valence-electron chi connectivity index (χ4n) is 2.52. The lowest BCUT2D eigenvalue weighted by atomic mass is 9.81. The predicted octanol–water partition coefficient (Wildman–Crippen LogP) is 2.92. The van der Waals surface area contributed by atoms with Crippen molar-refractivity contribution in [3.05, 3.63) is 61.7 Å². The molecule has 0 saturated heterocycles. The second kappa shape index (κ2) is 6.10. The molecule has 2 N–H and O–H groups in total. The van der Waals surface area contributed by atoms with E-state index in [-0.39, 0.29) is 39.3 Å². The van der Waals surface area contributed by atoms with Gasteiger partial charge in [0.25, 0.3) is 5.69 Å². The molecule has 0 aromatic heterocycles. The Morgan fingerprint density at radius 1 is 1.52 bits per heavy atom. The fraction of sp³-hybridized carbons (Fsp3) is 0.200. The third-order valence-corrected chi connectivity index (χ3v) is 3.80. The second-order valence-corrected chi connectivity index (χ2v) is 5.33. The Balaban J connectivity index is 2.72. The quantitative estimate of drug-likeness (QED) is 0.670. The van der Waals surface area contributed by atoms with Crippen molar-refractivity contribution < 1.29 is 14.5 Å². The molecule has 1 aliphatic rings. The summed E-state index contributed by atoms with van der Waals surface area (Å²) in [4.78, 5) is 22.4. The molecular weight excluding hydrogens is 322 g/mol. The Hall–Kier alpha value is -2.85. The highest BCUT2D eigenvalue weighted by Crippen LogP contribution is 2.41. The smallest absolute Gasteiger partial charge is 0.288 e. The summed E-state index contributed by atoms with van der Waals surface area (Å²) in [7, 11) is 0. The van der Waals surface area contributed by atoms with Crippen LogP contribution in [-0.4, -0.2) is 10.7 Å². The lowest BCUT2D eigenvalue weighted by Crippen LogP contribution is -2.23. The first-order chi connectivity index (χ1) is 10.8. The van der Waals surface area contributed by atoms with Crippen molar-refractivity contribution >= 4 is 23.1 Å². The van der Waals surface area contributed by atoms with Crippen LogP contribution < -0.4 is 5.73 Å². The zero-order chi connectivity index (χ0) is 17.3. The molecule has 8 heteroatoms. The van der Waals surface area contributed by atoms with E-state index in [1.807, 2.05) is 6.07 Å². The highest BCUT2D eigenvalue weighted by atomic mass is 35.5. The van der Waals surface area contributed by atoms with Crippen molar-refractivity contribution in [1.29, 1.82) is 5.26 Å². The third kappa shape index (κ3) is 2.89. The first kappa shape index (κ1) is 16.5. The lowest BCUT2D eigenvalue weighted by Gasteiger charge is -2.26. The Kier molecular flexibility index (Phi) is 4.38. The average Bonchev–Trinajstić information content (AvgIpc) is 2.46. The molecule has 0 aliphatic carbocycles. The number of hydrogen-bond donors (Lipinski definition) is 1. The first-order valence-corrected chi connectivity index (χ1v) is 6.88. The van der Waals surface area contributed by atoms with Crippen molar-refractivity contribution in [2.45, 2.75) is 19.8 Å². The van der Waals surface area contributed by atoms with Gasteiger partial charge in [-0.1, -0.05) is 17.7 Å². The summed E-state index contributed by atoms with van der Waals surface area (Å²) >= 11 is 5.81. The highest BCUT2D eigenvalue weighted by molar-refractivity contribution is 6.32. The SMILES string of the molecule is CC(=O)C1=C(C)OC(N)=C(C#N)[C@H]1c1ccc(Cl)c([N+](=O)[O-])c1. The summed E-state index contributed by atoms with van der Waals surface area (Å²) in [5.41, 5.74) is 6.04. The molecule has 0 fully saturated rings. The van der Waals surface area contributed by atoms with Gasteiger partial charge in [-0.25, -0.2) is 0 Å². The maximum absolute atomic E-state index is 12.0. The van der Waals surface area contributed by atoms with Crippen LogP contribution >= 0.6 is 11.6 Å². The van der Waals surface area contributed by atoms with Crippen LogP contribution in [0.15, 0.2) is 41.0 Å².